The first-order chi connectivity index (χ1) is 16.7. The molecule has 0 aromatic carbocycles. The standard InChI is InChI=1S/C32H52O3/c1-21(10-8-11-22(2)33)27-17-18-28-24(14-9-19-32(27,28)4)15-16-26-20-29(34)30(31(35)23(26)3)25-12-6-5-7-13-25/h15-16,21-22,25,27-31,33-35H,3,5-14,17-20H2,1-2,4H3/b24-15-,26-16+/t21?,22?,27-,28?,29-,30+,31-,32-/m1/s1. The Labute approximate surface area is 214 Å². The first kappa shape index (κ1) is 27.1. The van der Waals surface area contributed by atoms with Crippen molar-refractivity contribution in [1.82, 2.24) is 0 Å². The second-order valence-electron chi connectivity index (χ2n) is 13.0. The van der Waals surface area contributed by atoms with Crippen LogP contribution >= 0.6 is 0 Å². The molecule has 35 heavy (non-hydrogen) atoms. The molecule has 3 N–H and O–H groups in total. The van der Waals surface area contributed by atoms with Gasteiger partial charge in [0.25, 0.3) is 0 Å². The summed E-state index contributed by atoms with van der Waals surface area (Å²) >= 11 is 0. The highest BCUT2D eigenvalue weighted by atomic mass is 16.3. The topological polar surface area (TPSA) is 60.7 Å². The van der Waals surface area contributed by atoms with Gasteiger partial charge in [0.15, 0.2) is 0 Å². The molecule has 4 aliphatic rings. The number of allylic oxidation sites excluding steroid dienone is 3. The van der Waals surface area contributed by atoms with Crippen molar-refractivity contribution in [1.29, 1.82) is 0 Å². The highest BCUT2D eigenvalue weighted by Crippen LogP contribution is 2.60. The van der Waals surface area contributed by atoms with Crippen LogP contribution in [0.3, 0.4) is 0 Å². The van der Waals surface area contributed by atoms with E-state index >= 15 is 0 Å². The summed E-state index contributed by atoms with van der Waals surface area (Å²) in [6.07, 6.45) is 19.6. The molecule has 8 atom stereocenters. The van der Waals surface area contributed by atoms with Crippen LogP contribution < -0.4 is 0 Å². The van der Waals surface area contributed by atoms with Crippen LogP contribution in [0.5, 0.6) is 0 Å². The second-order valence-corrected chi connectivity index (χ2v) is 13.0. The molecule has 4 aliphatic carbocycles. The third-order valence-corrected chi connectivity index (χ3v) is 10.7. The van der Waals surface area contributed by atoms with Crippen molar-refractivity contribution in [3.63, 3.8) is 0 Å². The van der Waals surface area contributed by atoms with Gasteiger partial charge in [-0.05, 0) is 105 Å². The molecule has 3 nitrogen and oxygen atoms in total. The maximum Gasteiger partial charge on any atom is 0.0842 e. The fraction of sp³-hybridized carbons (Fsp3) is 0.812. The molecular formula is C32H52O3. The van der Waals surface area contributed by atoms with Gasteiger partial charge in [0.1, 0.15) is 0 Å². The summed E-state index contributed by atoms with van der Waals surface area (Å²) in [5, 5.41) is 31.8. The van der Waals surface area contributed by atoms with Crippen LogP contribution in [0.4, 0.5) is 0 Å². The van der Waals surface area contributed by atoms with Crippen LogP contribution in [0.2, 0.25) is 0 Å². The van der Waals surface area contributed by atoms with E-state index in [0.717, 1.165) is 42.7 Å². The van der Waals surface area contributed by atoms with Gasteiger partial charge >= 0.3 is 0 Å². The van der Waals surface area contributed by atoms with Crippen molar-refractivity contribution in [2.75, 3.05) is 0 Å². The molecule has 0 saturated heterocycles. The monoisotopic (exact) mass is 484 g/mol. The summed E-state index contributed by atoms with van der Waals surface area (Å²) < 4.78 is 0. The molecule has 0 aliphatic heterocycles. The Kier molecular flexibility index (Phi) is 9.04. The Bertz CT molecular complexity index is 789. The number of rotatable bonds is 7. The van der Waals surface area contributed by atoms with Crippen LogP contribution in [0.15, 0.2) is 35.5 Å². The minimum absolute atomic E-state index is 0.0449. The molecule has 0 aromatic rings. The first-order valence-corrected chi connectivity index (χ1v) is 14.8. The molecular weight excluding hydrogens is 432 g/mol. The van der Waals surface area contributed by atoms with E-state index in [4.69, 9.17) is 0 Å². The smallest absolute Gasteiger partial charge is 0.0842 e. The lowest BCUT2D eigenvalue weighted by Crippen LogP contribution is -2.43. The molecule has 4 saturated carbocycles. The van der Waals surface area contributed by atoms with E-state index in [1.165, 1.54) is 57.8 Å². The lowest BCUT2D eigenvalue weighted by atomic mass is 9.60. The molecule has 0 heterocycles. The van der Waals surface area contributed by atoms with Crippen molar-refractivity contribution >= 4 is 0 Å². The Morgan fingerprint density at radius 1 is 1.00 bits per heavy atom. The van der Waals surface area contributed by atoms with Crippen LogP contribution in [0.25, 0.3) is 0 Å². The molecule has 0 spiro atoms. The molecule has 0 radical (unpaired) electrons. The molecule has 3 heteroatoms. The summed E-state index contributed by atoms with van der Waals surface area (Å²) in [5.74, 6) is 2.52. The highest BCUT2D eigenvalue weighted by Gasteiger charge is 2.50. The Balaban J connectivity index is 1.44. The summed E-state index contributed by atoms with van der Waals surface area (Å²) in [4.78, 5) is 0. The van der Waals surface area contributed by atoms with Gasteiger partial charge in [-0.25, -0.2) is 0 Å². The van der Waals surface area contributed by atoms with Crippen LogP contribution in [-0.2, 0) is 0 Å². The maximum atomic E-state index is 11.1. The van der Waals surface area contributed by atoms with Gasteiger partial charge in [0.05, 0.1) is 18.3 Å². The normalized spacial score (nSPS) is 40.7. The molecule has 4 fully saturated rings. The quantitative estimate of drug-likeness (QED) is 0.360. The van der Waals surface area contributed by atoms with Crippen molar-refractivity contribution in [2.24, 2.45) is 35.0 Å². The minimum Gasteiger partial charge on any atom is -0.393 e. The van der Waals surface area contributed by atoms with E-state index in [1.807, 2.05) is 6.92 Å². The van der Waals surface area contributed by atoms with E-state index in [2.05, 4.69) is 32.6 Å². The fourth-order valence-electron chi connectivity index (χ4n) is 8.75. The van der Waals surface area contributed by atoms with Crippen LogP contribution in [0, 0.1) is 35.0 Å². The van der Waals surface area contributed by atoms with Crippen molar-refractivity contribution in [3.8, 4) is 0 Å². The Morgan fingerprint density at radius 3 is 2.46 bits per heavy atom. The number of fused-ring (bicyclic) bond motifs is 1. The lowest BCUT2D eigenvalue weighted by molar-refractivity contribution is -0.0222. The summed E-state index contributed by atoms with van der Waals surface area (Å²) in [7, 11) is 0. The predicted octanol–water partition coefficient (Wildman–Crippen LogP) is 7.12. The lowest BCUT2D eigenvalue weighted by Gasteiger charge is -2.44. The van der Waals surface area contributed by atoms with Crippen LogP contribution in [0.1, 0.15) is 111 Å². The van der Waals surface area contributed by atoms with Gasteiger partial charge < -0.3 is 15.3 Å². The van der Waals surface area contributed by atoms with Crippen molar-refractivity contribution < 1.29 is 15.3 Å². The Hall–Kier alpha value is -0.900. The maximum absolute atomic E-state index is 11.1. The Morgan fingerprint density at radius 2 is 1.74 bits per heavy atom. The zero-order valence-electron chi connectivity index (χ0n) is 22.7. The molecule has 0 amide bonds. The van der Waals surface area contributed by atoms with Crippen molar-refractivity contribution in [3.05, 3.63) is 35.5 Å². The average Bonchev–Trinajstić information content (AvgIpc) is 3.18. The molecule has 3 unspecified atom stereocenters. The molecule has 0 aromatic heterocycles. The molecule has 198 valence electrons. The van der Waals surface area contributed by atoms with Crippen LogP contribution in [-0.4, -0.2) is 33.6 Å². The van der Waals surface area contributed by atoms with Gasteiger partial charge in [-0.3, -0.25) is 0 Å². The van der Waals surface area contributed by atoms with Gasteiger partial charge in [-0.1, -0.05) is 70.3 Å². The van der Waals surface area contributed by atoms with E-state index < -0.39 is 12.2 Å². The van der Waals surface area contributed by atoms with E-state index in [9.17, 15) is 15.3 Å². The number of aliphatic hydroxyl groups is 3. The molecule has 0 bridgehead atoms. The van der Waals surface area contributed by atoms with Crippen molar-refractivity contribution in [2.45, 2.75) is 129 Å². The summed E-state index contributed by atoms with van der Waals surface area (Å²) in [5.41, 5.74) is 3.85. The largest absolute Gasteiger partial charge is 0.393 e. The minimum atomic E-state index is -0.610. The first-order valence-electron chi connectivity index (χ1n) is 14.8. The second kappa shape index (κ2) is 11.7. The zero-order chi connectivity index (χ0) is 25.2. The SMILES string of the molecule is C=C1/C(=C/C=C2/CCC[C@@]3(C)C2CC[C@@H]3C(C)CCCC(C)O)C[C@@H](O)[C@H](C2CCCCC2)[C@@H]1O. The number of aliphatic hydroxyl groups excluding tert-OH is 3. The van der Waals surface area contributed by atoms with E-state index in [1.54, 1.807) is 5.57 Å². The van der Waals surface area contributed by atoms with Gasteiger partial charge in [0, 0.05) is 5.92 Å². The fourth-order valence-corrected chi connectivity index (χ4v) is 8.75. The van der Waals surface area contributed by atoms with Gasteiger partial charge in [0.2, 0.25) is 0 Å². The van der Waals surface area contributed by atoms with E-state index in [0.29, 0.717) is 29.6 Å². The van der Waals surface area contributed by atoms with Gasteiger partial charge in [-0.15, -0.1) is 0 Å². The zero-order valence-corrected chi connectivity index (χ0v) is 22.7. The third-order valence-electron chi connectivity index (χ3n) is 10.7. The predicted molar refractivity (Wildman–Crippen MR) is 145 cm³/mol. The molecule has 4 rings (SSSR count). The summed E-state index contributed by atoms with van der Waals surface area (Å²) in [6.45, 7) is 11.2. The average molecular weight is 485 g/mol. The number of hydrogen-bond acceptors (Lipinski definition) is 3. The van der Waals surface area contributed by atoms with Gasteiger partial charge in [-0.2, -0.15) is 0 Å². The summed E-state index contributed by atoms with van der Waals surface area (Å²) in [6, 6.07) is 0. The highest BCUT2D eigenvalue weighted by molar-refractivity contribution is 5.40. The number of hydrogen-bond donors (Lipinski definition) is 3. The van der Waals surface area contributed by atoms with E-state index in [-0.39, 0.29) is 12.0 Å². The third kappa shape index (κ3) is 5.83.